The van der Waals surface area contributed by atoms with E-state index < -0.39 is 5.97 Å². The molecule has 3 N–H and O–H groups in total. The molecule has 0 bridgehead atoms. The molecular weight excluding hydrogens is 434 g/mol. The lowest BCUT2D eigenvalue weighted by Crippen LogP contribution is -2.46. The maximum absolute atomic E-state index is 11.4. The highest BCUT2D eigenvalue weighted by Crippen LogP contribution is 2.27. The molecule has 0 saturated carbocycles. The smallest absolute Gasteiger partial charge is 0.339 e. The maximum atomic E-state index is 11.4. The van der Waals surface area contributed by atoms with Gasteiger partial charge in [0.25, 0.3) is 0 Å². The van der Waals surface area contributed by atoms with Crippen LogP contribution in [-0.4, -0.2) is 67.2 Å². The molecule has 34 heavy (non-hydrogen) atoms. The van der Waals surface area contributed by atoms with Crippen LogP contribution < -0.4 is 10.2 Å². The number of carboxylic acid groups (broad SMARTS) is 1. The molecule has 0 unspecified atom stereocenters. The van der Waals surface area contributed by atoms with Gasteiger partial charge in [-0.3, -0.25) is 4.90 Å². The molecule has 1 aliphatic heterocycles. The lowest BCUT2D eigenvalue weighted by molar-refractivity contribution is 0.0694. The SMILES string of the molecule is O=C(O)c1cc(Nc2nc(CN3CCN(c4ncccn4)CC3)nc3ccccc23)ccc1O. The van der Waals surface area contributed by atoms with Crippen molar-refractivity contribution in [3.05, 3.63) is 72.3 Å². The molecule has 0 radical (unpaired) electrons. The van der Waals surface area contributed by atoms with Crippen LogP contribution in [0.3, 0.4) is 0 Å². The first kappa shape index (κ1) is 21.5. The van der Waals surface area contributed by atoms with Crippen molar-refractivity contribution in [3.8, 4) is 5.75 Å². The minimum Gasteiger partial charge on any atom is -0.507 e. The number of fused-ring (bicyclic) bond motifs is 1. The van der Waals surface area contributed by atoms with Crippen LogP contribution in [0, 0.1) is 0 Å². The Morgan fingerprint density at radius 3 is 2.50 bits per heavy atom. The van der Waals surface area contributed by atoms with E-state index in [9.17, 15) is 15.0 Å². The highest BCUT2D eigenvalue weighted by Gasteiger charge is 2.20. The molecule has 10 heteroatoms. The van der Waals surface area contributed by atoms with E-state index in [1.807, 2.05) is 30.3 Å². The monoisotopic (exact) mass is 457 g/mol. The number of hydrogen-bond donors (Lipinski definition) is 3. The average Bonchev–Trinajstić information content (AvgIpc) is 2.86. The second-order valence-corrected chi connectivity index (χ2v) is 7.98. The predicted molar refractivity (Wildman–Crippen MR) is 127 cm³/mol. The number of carbonyl (C=O) groups is 1. The van der Waals surface area contributed by atoms with E-state index in [1.54, 1.807) is 18.5 Å². The highest BCUT2D eigenvalue weighted by atomic mass is 16.4. The molecule has 2 aromatic heterocycles. The van der Waals surface area contributed by atoms with Crippen LogP contribution in [0.5, 0.6) is 5.75 Å². The second kappa shape index (κ2) is 9.28. The zero-order valence-corrected chi connectivity index (χ0v) is 18.3. The first-order chi connectivity index (χ1) is 16.6. The minimum absolute atomic E-state index is 0.177. The molecule has 1 aliphatic rings. The summed E-state index contributed by atoms with van der Waals surface area (Å²) in [5, 5.41) is 23.2. The van der Waals surface area contributed by atoms with Crippen LogP contribution in [0.1, 0.15) is 16.2 Å². The van der Waals surface area contributed by atoms with Crippen LogP contribution in [0.4, 0.5) is 17.5 Å². The van der Waals surface area contributed by atoms with E-state index in [1.165, 1.54) is 12.1 Å². The number of benzene rings is 2. The van der Waals surface area contributed by atoms with Gasteiger partial charge in [0.15, 0.2) is 0 Å². The number of nitrogens with zero attached hydrogens (tertiary/aromatic N) is 6. The summed E-state index contributed by atoms with van der Waals surface area (Å²) in [5.41, 5.74) is 1.13. The second-order valence-electron chi connectivity index (χ2n) is 7.98. The Hall–Kier alpha value is -4.31. The Kier molecular flexibility index (Phi) is 5.88. The number of piperazine rings is 1. The van der Waals surface area contributed by atoms with Crippen molar-refractivity contribution in [2.24, 2.45) is 0 Å². The third-order valence-electron chi connectivity index (χ3n) is 5.71. The molecule has 0 spiro atoms. The molecule has 4 aromatic rings. The summed E-state index contributed by atoms with van der Waals surface area (Å²) < 4.78 is 0. The van der Waals surface area contributed by atoms with Gasteiger partial charge < -0.3 is 20.4 Å². The Labute approximate surface area is 195 Å². The summed E-state index contributed by atoms with van der Waals surface area (Å²) in [7, 11) is 0. The molecule has 1 fully saturated rings. The lowest BCUT2D eigenvalue weighted by Gasteiger charge is -2.34. The standard InChI is InChI=1S/C24H23N7O3/c32-20-7-6-16(14-18(20)23(33)34)27-22-17-4-1-2-5-19(17)28-21(29-22)15-30-10-12-31(13-11-30)24-25-8-3-9-26-24/h1-9,14,32H,10-13,15H2,(H,33,34)(H,27,28,29). The van der Waals surface area contributed by atoms with Gasteiger partial charge in [-0.1, -0.05) is 12.1 Å². The van der Waals surface area contributed by atoms with Crippen LogP contribution in [-0.2, 0) is 6.54 Å². The molecule has 10 nitrogen and oxygen atoms in total. The maximum Gasteiger partial charge on any atom is 0.339 e. The van der Waals surface area contributed by atoms with Gasteiger partial charge in [0.05, 0.1) is 12.1 Å². The first-order valence-corrected chi connectivity index (χ1v) is 10.9. The fourth-order valence-electron chi connectivity index (χ4n) is 3.97. The van der Waals surface area contributed by atoms with Gasteiger partial charge in [-0.25, -0.2) is 24.7 Å². The van der Waals surface area contributed by atoms with Crippen molar-refractivity contribution in [1.29, 1.82) is 0 Å². The molecule has 0 atom stereocenters. The number of anilines is 3. The number of rotatable bonds is 6. The average molecular weight is 457 g/mol. The van der Waals surface area contributed by atoms with E-state index in [2.05, 4.69) is 25.1 Å². The third kappa shape index (κ3) is 4.57. The number of aromatic hydroxyl groups is 1. The summed E-state index contributed by atoms with van der Waals surface area (Å²) in [6.45, 7) is 3.87. The number of nitrogens with one attached hydrogen (secondary N) is 1. The number of phenols is 1. The van der Waals surface area contributed by atoms with Gasteiger partial charge in [0, 0.05) is 49.6 Å². The lowest BCUT2D eigenvalue weighted by atomic mass is 10.1. The summed E-state index contributed by atoms with van der Waals surface area (Å²) in [6, 6.07) is 13.8. The Bertz CT molecular complexity index is 1320. The van der Waals surface area contributed by atoms with E-state index in [4.69, 9.17) is 9.97 Å². The van der Waals surface area contributed by atoms with Crippen LogP contribution in [0.25, 0.3) is 10.9 Å². The number of aromatic carboxylic acids is 1. The first-order valence-electron chi connectivity index (χ1n) is 10.9. The van der Waals surface area contributed by atoms with E-state index in [-0.39, 0.29) is 11.3 Å². The van der Waals surface area contributed by atoms with Crippen molar-refractivity contribution in [2.45, 2.75) is 6.54 Å². The topological polar surface area (TPSA) is 128 Å². The van der Waals surface area contributed by atoms with Crippen LogP contribution >= 0.6 is 0 Å². The molecule has 172 valence electrons. The number of para-hydroxylation sites is 1. The number of aromatic nitrogens is 4. The normalized spacial score (nSPS) is 14.3. The Balaban J connectivity index is 1.36. The van der Waals surface area contributed by atoms with Gasteiger partial charge in [0.1, 0.15) is 23.0 Å². The third-order valence-corrected chi connectivity index (χ3v) is 5.71. The molecule has 5 rings (SSSR count). The van der Waals surface area contributed by atoms with E-state index >= 15 is 0 Å². The van der Waals surface area contributed by atoms with Crippen LogP contribution in [0.15, 0.2) is 60.9 Å². The van der Waals surface area contributed by atoms with E-state index in [0.29, 0.717) is 23.9 Å². The van der Waals surface area contributed by atoms with Gasteiger partial charge >= 0.3 is 5.97 Å². The quantitative estimate of drug-likeness (QED) is 0.372. The molecule has 0 amide bonds. The molecule has 0 aliphatic carbocycles. The Morgan fingerprint density at radius 1 is 0.971 bits per heavy atom. The number of carboxylic acids is 1. The zero-order valence-electron chi connectivity index (χ0n) is 18.3. The Morgan fingerprint density at radius 2 is 1.74 bits per heavy atom. The molecular formula is C24H23N7O3. The van der Waals surface area contributed by atoms with Crippen molar-refractivity contribution >= 4 is 34.3 Å². The summed E-state index contributed by atoms with van der Waals surface area (Å²) in [5.74, 6) is 0.507. The molecule has 3 heterocycles. The molecule has 1 saturated heterocycles. The van der Waals surface area contributed by atoms with Crippen molar-refractivity contribution in [2.75, 3.05) is 36.4 Å². The van der Waals surface area contributed by atoms with Gasteiger partial charge in [-0.2, -0.15) is 0 Å². The summed E-state index contributed by atoms with van der Waals surface area (Å²) >= 11 is 0. The zero-order chi connectivity index (χ0) is 23.5. The van der Waals surface area contributed by atoms with Crippen molar-refractivity contribution in [3.63, 3.8) is 0 Å². The highest BCUT2D eigenvalue weighted by molar-refractivity contribution is 5.94. The van der Waals surface area contributed by atoms with Crippen molar-refractivity contribution < 1.29 is 15.0 Å². The van der Waals surface area contributed by atoms with E-state index in [0.717, 1.165) is 43.0 Å². The van der Waals surface area contributed by atoms with Crippen LogP contribution in [0.2, 0.25) is 0 Å². The summed E-state index contributed by atoms with van der Waals surface area (Å²) in [6.07, 6.45) is 3.50. The van der Waals surface area contributed by atoms with Gasteiger partial charge in [-0.05, 0) is 36.4 Å². The fourth-order valence-corrected chi connectivity index (χ4v) is 3.97. The van der Waals surface area contributed by atoms with Gasteiger partial charge in [0.2, 0.25) is 5.95 Å². The largest absolute Gasteiger partial charge is 0.507 e. The van der Waals surface area contributed by atoms with Crippen molar-refractivity contribution in [1.82, 2.24) is 24.8 Å². The van der Waals surface area contributed by atoms with Gasteiger partial charge in [-0.15, -0.1) is 0 Å². The summed E-state index contributed by atoms with van der Waals surface area (Å²) in [4.78, 5) is 34.0. The predicted octanol–water partition coefficient (Wildman–Crippen LogP) is 2.89. The number of hydrogen-bond acceptors (Lipinski definition) is 9. The fraction of sp³-hybridized carbons (Fsp3) is 0.208. The molecule has 2 aromatic carbocycles. The minimum atomic E-state index is -1.20.